The Hall–Kier alpha value is -1.60. The summed E-state index contributed by atoms with van der Waals surface area (Å²) in [6.45, 7) is 3.75. The number of hydrogen-bond acceptors (Lipinski definition) is 3. The number of hydrogen-bond donors (Lipinski definition) is 1. The van der Waals surface area contributed by atoms with E-state index in [1.807, 2.05) is 18.2 Å². The predicted octanol–water partition coefficient (Wildman–Crippen LogP) is 1.74. The molecule has 2 amide bonds. The third-order valence-electron chi connectivity index (χ3n) is 4.71. The first-order valence-corrected chi connectivity index (χ1v) is 9.83. The fraction of sp³-hybridized carbons (Fsp3) is 0.562. The first-order valence-electron chi connectivity index (χ1n) is 7.98. The van der Waals surface area contributed by atoms with Crippen LogP contribution >= 0.6 is 0 Å². The first kappa shape index (κ1) is 16.3. The van der Waals surface area contributed by atoms with Gasteiger partial charge in [0.15, 0.2) is 0 Å². The largest absolute Gasteiger partial charge is 0.335 e. The molecule has 2 aliphatic rings. The lowest BCUT2D eigenvalue weighted by Crippen LogP contribution is -2.50. The van der Waals surface area contributed by atoms with Crippen LogP contribution in [0.25, 0.3) is 0 Å². The number of para-hydroxylation sites is 1. The maximum absolute atomic E-state index is 12.6. The molecule has 2 aliphatic heterocycles. The van der Waals surface area contributed by atoms with Gasteiger partial charge in [0.2, 0.25) is 10.0 Å². The number of carbonyl (C=O) groups excluding carboxylic acids is 1. The molecule has 1 fully saturated rings. The van der Waals surface area contributed by atoms with E-state index in [1.54, 1.807) is 4.90 Å². The van der Waals surface area contributed by atoms with E-state index >= 15 is 0 Å². The smallest absolute Gasteiger partial charge is 0.322 e. The van der Waals surface area contributed by atoms with Gasteiger partial charge < -0.3 is 5.32 Å². The minimum Gasteiger partial charge on any atom is -0.335 e. The van der Waals surface area contributed by atoms with Crippen molar-refractivity contribution in [3.63, 3.8) is 0 Å². The second kappa shape index (κ2) is 6.13. The Morgan fingerprint density at radius 2 is 1.87 bits per heavy atom. The number of rotatable bonds is 2. The summed E-state index contributed by atoms with van der Waals surface area (Å²) in [5.74, 6) is 0.337. The van der Waals surface area contributed by atoms with Gasteiger partial charge in [0.05, 0.1) is 6.26 Å². The zero-order valence-corrected chi connectivity index (χ0v) is 14.3. The number of urea groups is 1. The molecule has 0 spiro atoms. The SMILES string of the molecule is CC1CN(C(=O)NC2CCN(S(C)(=O)=O)CC2)c2ccccc21. The van der Waals surface area contributed by atoms with Crippen molar-refractivity contribution < 1.29 is 13.2 Å². The van der Waals surface area contributed by atoms with Gasteiger partial charge in [-0.05, 0) is 24.5 Å². The standard InChI is InChI=1S/C16H23N3O3S/c1-12-11-19(15-6-4-3-5-14(12)15)16(20)17-13-7-9-18(10-8-13)23(2,21)22/h3-6,12-13H,7-11H2,1-2H3,(H,17,20). The number of anilines is 1. The van der Waals surface area contributed by atoms with E-state index in [9.17, 15) is 13.2 Å². The molecule has 7 heteroatoms. The van der Waals surface area contributed by atoms with Gasteiger partial charge in [0.25, 0.3) is 0 Å². The fourth-order valence-electron chi connectivity index (χ4n) is 3.40. The van der Waals surface area contributed by atoms with Gasteiger partial charge in [-0.1, -0.05) is 25.1 Å². The predicted molar refractivity (Wildman–Crippen MR) is 90.2 cm³/mol. The van der Waals surface area contributed by atoms with Gasteiger partial charge in [0.1, 0.15) is 0 Å². The number of benzene rings is 1. The molecule has 1 N–H and O–H groups in total. The molecule has 2 heterocycles. The number of fused-ring (bicyclic) bond motifs is 1. The maximum Gasteiger partial charge on any atom is 0.322 e. The van der Waals surface area contributed by atoms with Crippen LogP contribution in [0, 0.1) is 0 Å². The summed E-state index contributed by atoms with van der Waals surface area (Å²) in [5.41, 5.74) is 2.18. The minimum atomic E-state index is -3.13. The fourth-order valence-corrected chi connectivity index (χ4v) is 4.27. The maximum atomic E-state index is 12.6. The summed E-state index contributed by atoms with van der Waals surface area (Å²) in [4.78, 5) is 14.4. The Morgan fingerprint density at radius 3 is 2.52 bits per heavy atom. The van der Waals surface area contributed by atoms with Crippen molar-refractivity contribution in [2.45, 2.75) is 31.7 Å². The molecule has 1 saturated heterocycles. The number of nitrogens with one attached hydrogen (secondary N) is 1. The van der Waals surface area contributed by atoms with Gasteiger partial charge >= 0.3 is 6.03 Å². The summed E-state index contributed by atoms with van der Waals surface area (Å²) in [5, 5.41) is 3.06. The van der Waals surface area contributed by atoms with Crippen molar-refractivity contribution in [2.75, 3.05) is 30.8 Å². The number of sulfonamides is 1. The highest BCUT2D eigenvalue weighted by Gasteiger charge is 2.32. The second-order valence-electron chi connectivity index (χ2n) is 6.46. The Kier molecular flexibility index (Phi) is 4.33. The molecule has 0 radical (unpaired) electrons. The molecule has 0 aromatic heterocycles. The number of piperidine rings is 1. The highest BCUT2D eigenvalue weighted by Crippen LogP contribution is 2.35. The lowest BCUT2D eigenvalue weighted by Gasteiger charge is -2.31. The van der Waals surface area contributed by atoms with Crippen molar-refractivity contribution >= 4 is 21.7 Å². The van der Waals surface area contributed by atoms with E-state index in [0.717, 1.165) is 5.69 Å². The molecule has 1 aromatic rings. The molecule has 0 bridgehead atoms. The van der Waals surface area contributed by atoms with Crippen LogP contribution < -0.4 is 10.2 Å². The Labute approximate surface area is 137 Å². The summed E-state index contributed by atoms with van der Waals surface area (Å²) in [6, 6.07) is 7.94. The van der Waals surface area contributed by atoms with Crippen LogP contribution in [0.4, 0.5) is 10.5 Å². The van der Waals surface area contributed by atoms with Crippen LogP contribution in [0.5, 0.6) is 0 Å². The van der Waals surface area contributed by atoms with Crippen LogP contribution in [0.3, 0.4) is 0 Å². The molecule has 1 unspecified atom stereocenters. The van der Waals surface area contributed by atoms with Crippen molar-refractivity contribution in [3.8, 4) is 0 Å². The third-order valence-corrected chi connectivity index (χ3v) is 6.01. The number of carbonyl (C=O) groups is 1. The Balaban J connectivity index is 1.61. The lowest BCUT2D eigenvalue weighted by atomic mass is 10.0. The third kappa shape index (κ3) is 3.35. The molecule has 1 atom stereocenters. The molecule has 0 aliphatic carbocycles. The average Bonchev–Trinajstić information content (AvgIpc) is 2.85. The van der Waals surface area contributed by atoms with Crippen LogP contribution in [-0.2, 0) is 10.0 Å². The van der Waals surface area contributed by atoms with Gasteiger partial charge in [-0.2, -0.15) is 0 Å². The monoisotopic (exact) mass is 337 g/mol. The molecular formula is C16H23N3O3S. The average molecular weight is 337 g/mol. The van der Waals surface area contributed by atoms with Crippen LogP contribution in [0.15, 0.2) is 24.3 Å². The second-order valence-corrected chi connectivity index (χ2v) is 8.44. The van der Waals surface area contributed by atoms with Crippen LogP contribution in [0.1, 0.15) is 31.2 Å². The summed E-state index contributed by atoms with van der Waals surface area (Å²) in [7, 11) is -3.13. The highest BCUT2D eigenvalue weighted by molar-refractivity contribution is 7.88. The van der Waals surface area contributed by atoms with E-state index in [4.69, 9.17) is 0 Å². The van der Waals surface area contributed by atoms with Crippen molar-refractivity contribution in [3.05, 3.63) is 29.8 Å². The normalized spacial score (nSPS) is 22.9. The zero-order valence-electron chi connectivity index (χ0n) is 13.5. The molecule has 6 nitrogen and oxygen atoms in total. The molecular weight excluding hydrogens is 314 g/mol. The molecule has 3 rings (SSSR count). The zero-order chi connectivity index (χ0) is 16.6. The van der Waals surface area contributed by atoms with E-state index in [-0.39, 0.29) is 12.1 Å². The number of nitrogens with zero attached hydrogens (tertiary/aromatic N) is 2. The lowest BCUT2D eigenvalue weighted by molar-refractivity contribution is 0.233. The molecule has 23 heavy (non-hydrogen) atoms. The summed E-state index contributed by atoms with van der Waals surface area (Å²) >= 11 is 0. The van der Waals surface area contributed by atoms with Crippen molar-refractivity contribution in [2.24, 2.45) is 0 Å². The highest BCUT2D eigenvalue weighted by atomic mass is 32.2. The van der Waals surface area contributed by atoms with Crippen LogP contribution in [0.2, 0.25) is 0 Å². The Morgan fingerprint density at radius 1 is 1.22 bits per heavy atom. The van der Waals surface area contributed by atoms with E-state index in [0.29, 0.717) is 38.4 Å². The molecule has 0 saturated carbocycles. The van der Waals surface area contributed by atoms with Crippen molar-refractivity contribution in [1.82, 2.24) is 9.62 Å². The topological polar surface area (TPSA) is 69.7 Å². The van der Waals surface area contributed by atoms with Gasteiger partial charge in [-0.3, -0.25) is 4.90 Å². The van der Waals surface area contributed by atoms with Crippen molar-refractivity contribution in [1.29, 1.82) is 0 Å². The van der Waals surface area contributed by atoms with Gasteiger partial charge in [-0.25, -0.2) is 17.5 Å². The first-order chi connectivity index (χ1) is 10.9. The number of amides is 2. The minimum absolute atomic E-state index is 0.0311. The van der Waals surface area contributed by atoms with E-state index in [2.05, 4.69) is 18.3 Å². The molecule has 126 valence electrons. The Bertz CT molecular complexity index is 696. The van der Waals surface area contributed by atoms with Gasteiger partial charge in [0, 0.05) is 37.3 Å². The van der Waals surface area contributed by atoms with E-state index < -0.39 is 10.0 Å². The molecule has 1 aromatic carbocycles. The summed E-state index contributed by atoms with van der Waals surface area (Å²) in [6.07, 6.45) is 2.54. The van der Waals surface area contributed by atoms with Gasteiger partial charge in [-0.15, -0.1) is 0 Å². The summed E-state index contributed by atoms with van der Waals surface area (Å²) < 4.78 is 24.5. The van der Waals surface area contributed by atoms with E-state index in [1.165, 1.54) is 16.1 Å². The van der Waals surface area contributed by atoms with Crippen LogP contribution in [-0.4, -0.2) is 50.7 Å². The quantitative estimate of drug-likeness (QED) is 0.894.